The second-order valence-electron chi connectivity index (χ2n) is 8.56. The number of hydrogen-bond donors (Lipinski definition) is 1. The van der Waals surface area contributed by atoms with Crippen LogP contribution in [0.5, 0.6) is 0 Å². The lowest BCUT2D eigenvalue weighted by atomic mass is 10.1. The van der Waals surface area contributed by atoms with E-state index in [0.717, 1.165) is 50.3 Å². The molecule has 0 radical (unpaired) electrons. The Morgan fingerprint density at radius 1 is 1.10 bits per heavy atom. The number of nitrogens with one attached hydrogen (secondary N) is 1. The quantitative estimate of drug-likeness (QED) is 0.600. The lowest BCUT2D eigenvalue weighted by Gasteiger charge is -2.35. The molecule has 3 aliphatic heterocycles. The maximum absolute atomic E-state index is 6.64. The minimum absolute atomic E-state index is 0.678. The predicted molar refractivity (Wildman–Crippen MR) is 122 cm³/mol. The first-order chi connectivity index (χ1) is 14.2. The first kappa shape index (κ1) is 20.8. The Kier molecular flexibility index (Phi) is 6.83. The average molecular weight is 419 g/mol. The van der Waals surface area contributed by atoms with Crippen LogP contribution in [0, 0.1) is 0 Å². The van der Waals surface area contributed by atoms with Gasteiger partial charge >= 0.3 is 0 Å². The van der Waals surface area contributed by atoms with Crippen LogP contribution < -0.4 is 10.2 Å². The first-order valence-corrected chi connectivity index (χ1v) is 11.4. The highest BCUT2D eigenvalue weighted by molar-refractivity contribution is 6.31. The van der Waals surface area contributed by atoms with E-state index in [-0.39, 0.29) is 0 Å². The number of benzene rings is 1. The number of piperazine rings is 1. The zero-order chi connectivity index (χ0) is 20.2. The second kappa shape index (κ2) is 9.54. The Balaban J connectivity index is 1.40. The molecule has 1 N–H and O–H groups in total. The van der Waals surface area contributed by atoms with Gasteiger partial charge in [-0.15, -0.1) is 0 Å². The average Bonchev–Trinajstić information content (AvgIpc) is 3.42. The topological polar surface area (TPSA) is 37.4 Å². The van der Waals surface area contributed by atoms with Gasteiger partial charge in [-0.1, -0.05) is 17.7 Å². The summed E-state index contributed by atoms with van der Waals surface area (Å²) in [6.07, 6.45) is 3.94. The number of aliphatic imine (C=N–C) groups is 1. The van der Waals surface area contributed by atoms with Crippen LogP contribution in [0.4, 0.5) is 5.69 Å². The van der Waals surface area contributed by atoms with Crippen molar-refractivity contribution in [3.63, 3.8) is 0 Å². The van der Waals surface area contributed by atoms with Crippen molar-refractivity contribution in [3.05, 3.63) is 28.8 Å². The molecule has 4 rings (SSSR count). The van der Waals surface area contributed by atoms with Gasteiger partial charge in [0.15, 0.2) is 5.96 Å². The van der Waals surface area contributed by atoms with Crippen LogP contribution >= 0.6 is 11.6 Å². The molecule has 0 spiro atoms. The Morgan fingerprint density at radius 2 is 1.86 bits per heavy atom. The highest BCUT2D eigenvalue weighted by Crippen LogP contribution is 2.28. The van der Waals surface area contributed by atoms with E-state index in [1.807, 2.05) is 13.1 Å². The van der Waals surface area contributed by atoms with Gasteiger partial charge in [-0.2, -0.15) is 0 Å². The van der Waals surface area contributed by atoms with Gasteiger partial charge in [0.1, 0.15) is 0 Å². The van der Waals surface area contributed by atoms with Crippen LogP contribution in [0.25, 0.3) is 0 Å². The molecule has 1 aromatic rings. The number of halogens is 1. The van der Waals surface area contributed by atoms with Gasteiger partial charge in [0.05, 0.1) is 0 Å². The summed E-state index contributed by atoms with van der Waals surface area (Å²) in [5.41, 5.74) is 2.43. The fourth-order valence-electron chi connectivity index (χ4n) is 4.90. The fraction of sp³-hybridized carbons (Fsp3) is 0.682. The van der Waals surface area contributed by atoms with Gasteiger partial charge in [-0.3, -0.25) is 9.89 Å². The van der Waals surface area contributed by atoms with Crippen LogP contribution in [-0.2, 0) is 6.54 Å². The maximum atomic E-state index is 6.64. The van der Waals surface area contributed by atoms with Gasteiger partial charge < -0.3 is 20.0 Å². The van der Waals surface area contributed by atoms with Crippen molar-refractivity contribution < 1.29 is 0 Å². The molecule has 0 bridgehead atoms. The van der Waals surface area contributed by atoms with Gasteiger partial charge in [-0.05, 0) is 51.5 Å². The molecule has 6 nitrogen and oxygen atoms in total. The molecule has 3 fully saturated rings. The molecule has 3 aliphatic rings. The Morgan fingerprint density at radius 3 is 2.59 bits per heavy atom. The third-order valence-corrected chi connectivity index (χ3v) is 7.05. The normalized spacial score (nSPS) is 24.5. The summed E-state index contributed by atoms with van der Waals surface area (Å²) in [7, 11) is 4.08. The minimum atomic E-state index is 0.678. The van der Waals surface area contributed by atoms with E-state index < -0.39 is 0 Å². The van der Waals surface area contributed by atoms with E-state index in [1.54, 1.807) is 0 Å². The Labute approximate surface area is 180 Å². The number of hydrogen-bond acceptors (Lipinski definition) is 4. The zero-order valence-corrected chi connectivity index (χ0v) is 18.7. The lowest BCUT2D eigenvalue weighted by molar-refractivity contribution is 0.249. The van der Waals surface area contributed by atoms with Crippen LogP contribution in [0.3, 0.4) is 0 Å². The van der Waals surface area contributed by atoms with Crippen LogP contribution in [-0.4, -0.2) is 93.2 Å². The van der Waals surface area contributed by atoms with E-state index in [0.29, 0.717) is 12.6 Å². The standard InChI is InChI=1S/C22H35ClN6/c1-24-22(29-11-8-18(17-29)27-9-3-4-10-27)25-16-19-20(23)6-5-7-21(19)28-14-12-26(2)13-15-28/h5-7,18H,3-4,8-17H2,1-2H3,(H,24,25). The van der Waals surface area contributed by atoms with Crippen molar-refractivity contribution in [3.8, 4) is 0 Å². The van der Waals surface area contributed by atoms with Crippen LogP contribution in [0.1, 0.15) is 24.8 Å². The molecule has 3 saturated heterocycles. The molecule has 0 amide bonds. The third kappa shape index (κ3) is 4.81. The molecule has 1 aromatic carbocycles. The summed E-state index contributed by atoms with van der Waals surface area (Å²) in [5, 5.41) is 4.44. The third-order valence-electron chi connectivity index (χ3n) is 6.69. The van der Waals surface area contributed by atoms with Gasteiger partial charge in [0.25, 0.3) is 0 Å². The monoisotopic (exact) mass is 418 g/mol. The summed E-state index contributed by atoms with van der Waals surface area (Å²) < 4.78 is 0. The molecular weight excluding hydrogens is 384 g/mol. The van der Waals surface area contributed by atoms with Crippen molar-refractivity contribution >= 4 is 23.2 Å². The number of rotatable bonds is 4. The highest BCUT2D eigenvalue weighted by Gasteiger charge is 2.30. The van der Waals surface area contributed by atoms with E-state index in [1.165, 1.54) is 43.6 Å². The van der Waals surface area contributed by atoms with Crippen LogP contribution in [0.2, 0.25) is 5.02 Å². The Hall–Kier alpha value is -1.50. The summed E-state index contributed by atoms with van der Waals surface area (Å²) in [4.78, 5) is 14.5. The van der Waals surface area contributed by atoms with Gasteiger partial charge in [0.2, 0.25) is 0 Å². The SMILES string of the molecule is CN=C(NCc1c(Cl)cccc1N1CCN(C)CC1)N1CCC(N2CCCC2)C1. The summed E-state index contributed by atoms with van der Waals surface area (Å²) >= 11 is 6.64. The van der Waals surface area contributed by atoms with E-state index in [9.17, 15) is 0 Å². The molecule has 0 aliphatic carbocycles. The number of likely N-dealkylation sites (tertiary alicyclic amines) is 2. The van der Waals surface area contributed by atoms with Gasteiger partial charge in [0, 0.05) is 75.2 Å². The molecule has 29 heavy (non-hydrogen) atoms. The molecule has 0 aromatic heterocycles. The van der Waals surface area contributed by atoms with Crippen LogP contribution in [0.15, 0.2) is 23.2 Å². The highest BCUT2D eigenvalue weighted by atomic mass is 35.5. The smallest absolute Gasteiger partial charge is 0.193 e. The largest absolute Gasteiger partial charge is 0.369 e. The van der Waals surface area contributed by atoms with E-state index >= 15 is 0 Å². The van der Waals surface area contributed by atoms with Gasteiger partial charge in [-0.25, -0.2) is 0 Å². The maximum Gasteiger partial charge on any atom is 0.193 e. The number of likely N-dealkylation sites (N-methyl/N-ethyl adjacent to an activating group) is 1. The summed E-state index contributed by atoms with van der Waals surface area (Å²) in [5.74, 6) is 0.996. The number of anilines is 1. The minimum Gasteiger partial charge on any atom is -0.369 e. The van der Waals surface area contributed by atoms with Crippen molar-refractivity contribution in [2.24, 2.45) is 4.99 Å². The molecule has 1 unspecified atom stereocenters. The van der Waals surface area contributed by atoms with E-state index in [4.69, 9.17) is 11.6 Å². The molecule has 160 valence electrons. The molecule has 7 heteroatoms. The predicted octanol–water partition coefficient (Wildman–Crippen LogP) is 2.34. The second-order valence-corrected chi connectivity index (χ2v) is 8.97. The fourth-order valence-corrected chi connectivity index (χ4v) is 5.14. The van der Waals surface area contributed by atoms with E-state index in [2.05, 4.69) is 49.1 Å². The molecule has 0 saturated carbocycles. The summed E-state index contributed by atoms with van der Waals surface area (Å²) in [6.45, 7) is 9.65. The molecular formula is C22H35ClN6. The number of nitrogens with zero attached hydrogens (tertiary/aromatic N) is 5. The lowest BCUT2D eigenvalue weighted by Crippen LogP contribution is -2.45. The van der Waals surface area contributed by atoms with Crippen molar-refractivity contribution in [1.82, 2.24) is 20.0 Å². The molecule has 1 atom stereocenters. The number of guanidine groups is 1. The Bertz CT molecular complexity index is 709. The summed E-state index contributed by atoms with van der Waals surface area (Å²) in [6, 6.07) is 6.95. The molecule has 3 heterocycles. The first-order valence-electron chi connectivity index (χ1n) is 11.1. The zero-order valence-electron chi connectivity index (χ0n) is 17.9. The van der Waals surface area contributed by atoms with Crippen molar-refractivity contribution in [1.29, 1.82) is 0 Å². The van der Waals surface area contributed by atoms with Crippen molar-refractivity contribution in [2.45, 2.75) is 31.8 Å². The van der Waals surface area contributed by atoms with Crippen molar-refractivity contribution in [2.75, 3.05) is 71.4 Å².